The Morgan fingerprint density at radius 3 is 2.94 bits per heavy atom. The molecular formula is C13H18BrN3O. The van der Waals surface area contributed by atoms with Gasteiger partial charge in [0.05, 0.1) is 0 Å². The highest BCUT2D eigenvalue weighted by atomic mass is 79.9. The predicted octanol–water partition coefficient (Wildman–Crippen LogP) is 1.92. The minimum Gasteiger partial charge on any atom is -0.340 e. The Morgan fingerprint density at radius 2 is 2.28 bits per heavy atom. The van der Waals surface area contributed by atoms with E-state index in [1.165, 1.54) is 0 Å². The zero-order chi connectivity index (χ0) is 13.0. The smallest absolute Gasteiger partial charge is 0.273 e. The minimum absolute atomic E-state index is 0.0130. The fourth-order valence-electron chi connectivity index (χ4n) is 2.26. The predicted molar refractivity (Wildman–Crippen MR) is 74.5 cm³/mol. The molecule has 1 aliphatic heterocycles. The molecule has 1 fully saturated rings. The van der Waals surface area contributed by atoms with Gasteiger partial charge in [0, 0.05) is 24.3 Å². The molecule has 0 aromatic carbocycles. The van der Waals surface area contributed by atoms with Gasteiger partial charge in [-0.2, -0.15) is 0 Å². The topological polar surface area (TPSA) is 45.2 Å². The van der Waals surface area contributed by atoms with E-state index >= 15 is 0 Å². The minimum atomic E-state index is -0.0130. The first kappa shape index (κ1) is 13.5. The van der Waals surface area contributed by atoms with Crippen molar-refractivity contribution in [2.24, 2.45) is 5.92 Å². The van der Waals surface area contributed by atoms with E-state index in [0.717, 1.165) is 36.9 Å². The third-order valence-electron chi connectivity index (χ3n) is 3.30. The van der Waals surface area contributed by atoms with Gasteiger partial charge in [0.25, 0.3) is 5.91 Å². The molecule has 0 atom stereocenters. The van der Waals surface area contributed by atoms with Crippen LogP contribution >= 0.6 is 15.9 Å². The molecular weight excluding hydrogens is 294 g/mol. The lowest BCUT2D eigenvalue weighted by atomic mass is 9.97. The number of carbonyl (C=O) groups excluding carboxylic acids is 1. The second kappa shape index (κ2) is 6.29. The van der Waals surface area contributed by atoms with E-state index in [0.29, 0.717) is 11.6 Å². The van der Waals surface area contributed by atoms with E-state index in [4.69, 9.17) is 0 Å². The molecule has 0 spiro atoms. The quantitative estimate of drug-likeness (QED) is 0.927. The highest BCUT2D eigenvalue weighted by Gasteiger charge is 2.20. The summed E-state index contributed by atoms with van der Waals surface area (Å²) in [5.74, 6) is 0.587. The van der Waals surface area contributed by atoms with Crippen LogP contribution in [0, 0.1) is 5.92 Å². The van der Waals surface area contributed by atoms with Crippen molar-refractivity contribution >= 4 is 21.8 Å². The van der Waals surface area contributed by atoms with Gasteiger partial charge >= 0.3 is 0 Å². The summed E-state index contributed by atoms with van der Waals surface area (Å²) in [6.07, 6.45) is 3.93. The maximum absolute atomic E-state index is 12.3. The molecule has 2 rings (SSSR count). The van der Waals surface area contributed by atoms with E-state index in [9.17, 15) is 4.79 Å². The van der Waals surface area contributed by atoms with Crippen LogP contribution in [0.1, 0.15) is 23.3 Å². The first-order valence-electron chi connectivity index (χ1n) is 6.25. The molecule has 0 unspecified atom stereocenters. The second-order valence-electron chi connectivity index (χ2n) is 4.71. The average molecular weight is 312 g/mol. The van der Waals surface area contributed by atoms with Gasteiger partial charge in [0.2, 0.25) is 0 Å². The first-order valence-corrected chi connectivity index (χ1v) is 7.04. The fourth-order valence-corrected chi connectivity index (χ4v) is 2.68. The van der Waals surface area contributed by atoms with Crippen LogP contribution < -0.4 is 5.32 Å². The highest BCUT2D eigenvalue weighted by Crippen LogP contribution is 2.17. The van der Waals surface area contributed by atoms with Crippen molar-refractivity contribution in [3.05, 3.63) is 28.5 Å². The van der Waals surface area contributed by atoms with Gasteiger partial charge in [-0.05, 0) is 59.9 Å². The Bertz CT molecular complexity index is 418. The van der Waals surface area contributed by atoms with Crippen molar-refractivity contribution in [1.82, 2.24) is 15.2 Å². The number of nitrogens with zero attached hydrogens (tertiary/aromatic N) is 2. The van der Waals surface area contributed by atoms with Gasteiger partial charge in [-0.1, -0.05) is 0 Å². The van der Waals surface area contributed by atoms with Gasteiger partial charge in [-0.3, -0.25) is 4.79 Å². The molecule has 2 heterocycles. The summed E-state index contributed by atoms with van der Waals surface area (Å²) in [4.78, 5) is 18.2. The number of hydrogen-bond donors (Lipinski definition) is 1. The fraction of sp³-hybridized carbons (Fsp3) is 0.538. The van der Waals surface area contributed by atoms with Crippen molar-refractivity contribution in [3.63, 3.8) is 0 Å². The summed E-state index contributed by atoms with van der Waals surface area (Å²) >= 11 is 3.37. The second-order valence-corrected chi connectivity index (χ2v) is 5.57. The van der Waals surface area contributed by atoms with Crippen LogP contribution in [0.5, 0.6) is 0 Å². The van der Waals surface area contributed by atoms with E-state index in [2.05, 4.69) is 26.2 Å². The average Bonchev–Trinajstić information content (AvgIpc) is 2.39. The van der Waals surface area contributed by atoms with Crippen LogP contribution in [0.4, 0.5) is 0 Å². The Balaban J connectivity index is 1.98. The molecule has 5 heteroatoms. The van der Waals surface area contributed by atoms with Gasteiger partial charge < -0.3 is 10.2 Å². The lowest BCUT2D eigenvalue weighted by Gasteiger charge is -2.27. The molecule has 0 saturated carbocycles. The van der Waals surface area contributed by atoms with Crippen LogP contribution in [0.2, 0.25) is 0 Å². The third-order valence-corrected chi connectivity index (χ3v) is 3.94. The summed E-state index contributed by atoms with van der Waals surface area (Å²) in [6.45, 7) is 2.92. The van der Waals surface area contributed by atoms with Gasteiger partial charge in [-0.15, -0.1) is 0 Å². The Labute approximate surface area is 116 Å². The van der Waals surface area contributed by atoms with E-state index in [1.54, 1.807) is 11.1 Å². The Hall–Kier alpha value is -0.940. The summed E-state index contributed by atoms with van der Waals surface area (Å²) in [7, 11) is 1.85. The van der Waals surface area contributed by atoms with Crippen molar-refractivity contribution in [2.75, 3.05) is 26.7 Å². The molecule has 0 aliphatic carbocycles. The highest BCUT2D eigenvalue weighted by molar-refractivity contribution is 9.10. The monoisotopic (exact) mass is 311 g/mol. The third kappa shape index (κ3) is 3.29. The lowest BCUT2D eigenvalue weighted by molar-refractivity contribution is 0.0756. The summed E-state index contributed by atoms with van der Waals surface area (Å²) < 4.78 is 0.757. The molecule has 4 nitrogen and oxygen atoms in total. The summed E-state index contributed by atoms with van der Waals surface area (Å²) in [5, 5.41) is 3.33. The number of carbonyl (C=O) groups is 1. The molecule has 1 saturated heterocycles. The van der Waals surface area contributed by atoms with E-state index < -0.39 is 0 Å². The molecule has 0 bridgehead atoms. The van der Waals surface area contributed by atoms with Crippen LogP contribution in [0.3, 0.4) is 0 Å². The normalized spacial score (nSPS) is 16.6. The molecule has 1 N–H and O–H groups in total. The van der Waals surface area contributed by atoms with Crippen LogP contribution in [-0.2, 0) is 0 Å². The van der Waals surface area contributed by atoms with Crippen molar-refractivity contribution in [2.45, 2.75) is 12.8 Å². The number of nitrogens with one attached hydrogen (secondary N) is 1. The number of pyridine rings is 1. The van der Waals surface area contributed by atoms with Gasteiger partial charge in [0.15, 0.2) is 0 Å². The van der Waals surface area contributed by atoms with Crippen molar-refractivity contribution in [3.8, 4) is 0 Å². The van der Waals surface area contributed by atoms with Crippen molar-refractivity contribution < 1.29 is 4.79 Å². The van der Waals surface area contributed by atoms with Crippen molar-refractivity contribution in [1.29, 1.82) is 0 Å². The summed E-state index contributed by atoms with van der Waals surface area (Å²) in [6, 6.07) is 3.66. The molecule has 1 aromatic rings. The number of rotatable bonds is 3. The lowest BCUT2D eigenvalue weighted by Crippen LogP contribution is -2.37. The Morgan fingerprint density at radius 1 is 1.56 bits per heavy atom. The van der Waals surface area contributed by atoms with E-state index in [1.807, 2.05) is 19.2 Å². The number of halogens is 1. The Kier molecular flexibility index (Phi) is 4.72. The maximum Gasteiger partial charge on any atom is 0.273 e. The number of piperidine rings is 1. The standard InChI is InChI=1S/C13H18BrN3O/c1-17(9-10-4-7-15-8-5-10)13(18)12-11(14)3-2-6-16-12/h2-3,6,10,15H,4-5,7-9H2,1H3. The van der Waals surface area contributed by atoms with Gasteiger partial charge in [0.1, 0.15) is 5.69 Å². The van der Waals surface area contributed by atoms with Gasteiger partial charge in [-0.25, -0.2) is 4.98 Å². The summed E-state index contributed by atoms with van der Waals surface area (Å²) in [5.41, 5.74) is 0.494. The zero-order valence-corrected chi connectivity index (χ0v) is 12.1. The molecule has 0 radical (unpaired) electrons. The first-order chi connectivity index (χ1) is 8.68. The molecule has 1 aliphatic rings. The largest absolute Gasteiger partial charge is 0.340 e. The molecule has 1 aromatic heterocycles. The van der Waals surface area contributed by atoms with Crippen LogP contribution in [0.15, 0.2) is 22.8 Å². The van der Waals surface area contributed by atoms with Crippen LogP contribution in [-0.4, -0.2) is 42.5 Å². The molecule has 98 valence electrons. The number of hydrogen-bond acceptors (Lipinski definition) is 3. The molecule has 18 heavy (non-hydrogen) atoms. The SMILES string of the molecule is CN(CC1CCNCC1)C(=O)c1ncccc1Br. The number of aromatic nitrogens is 1. The molecule has 1 amide bonds. The van der Waals surface area contributed by atoms with E-state index in [-0.39, 0.29) is 5.91 Å². The zero-order valence-electron chi connectivity index (χ0n) is 10.5. The number of amides is 1. The maximum atomic E-state index is 12.3. The van der Waals surface area contributed by atoms with Crippen LogP contribution in [0.25, 0.3) is 0 Å².